The molecule has 0 radical (unpaired) electrons. The van der Waals surface area contributed by atoms with Crippen LogP contribution in [-0.4, -0.2) is 12.1 Å². The van der Waals surface area contributed by atoms with Gasteiger partial charge in [0.05, 0.1) is 0 Å². The van der Waals surface area contributed by atoms with Gasteiger partial charge in [0.2, 0.25) is 0 Å². The van der Waals surface area contributed by atoms with Crippen LogP contribution in [0.1, 0.15) is 69.4 Å². The van der Waals surface area contributed by atoms with Crippen molar-refractivity contribution in [1.82, 2.24) is 0 Å². The molecule has 0 aliphatic heterocycles. The summed E-state index contributed by atoms with van der Waals surface area (Å²) in [4.78, 5) is 11.8. The molecule has 124 valence electrons. The van der Waals surface area contributed by atoms with E-state index >= 15 is 0 Å². The molecule has 0 aromatic heterocycles. The Morgan fingerprint density at radius 1 is 1.22 bits per heavy atom. The highest BCUT2D eigenvalue weighted by Gasteiger charge is 2.56. The highest BCUT2D eigenvalue weighted by Crippen LogP contribution is 2.61. The van der Waals surface area contributed by atoms with Gasteiger partial charge >= 0.3 is 5.97 Å². The van der Waals surface area contributed by atoms with Crippen LogP contribution < -0.4 is 0 Å². The molecule has 0 heterocycles. The van der Waals surface area contributed by atoms with Crippen molar-refractivity contribution in [1.29, 1.82) is 0 Å². The van der Waals surface area contributed by atoms with Crippen molar-refractivity contribution in [3.8, 4) is 0 Å². The number of fused-ring (bicyclic) bond motifs is 5. The van der Waals surface area contributed by atoms with Gasteiger partial charge < -0.3 is 4.74 Å². The largest absolute Gasteiger partial charge is 0.462 e. The molecule has 0 N–H and O–H groups in total. The summed E-state index contributed by atoms with van der Waals surface area (Å²) >= 11 is 0. The summed E-state index contributed by atoms with van der Waals surface area (Å²) in [7, 11) is 0. The second-order valence-corrected chi connectivity index (χ2v) is 8.07. The maximum Gasteiger partial charge on any atom is 0.305 e. The van der Waals surface area contributed by atoms with Crippen LogP contribution in [0, 0.1) is 17.3 Å². The van der Waals surface area contributed by atoms with Gasteiger partial charge in [-0.1, -0.05) is 38.1 Å². The molecule has 0 saturated heterocycles. The predicted octanol–water partition coefficient (Wildman–Crippen LogP) is 4.86. The van der Waals surface area contributed by atoms with E-state index in [-0.39, 0.29) is 17.5 Å². The molecule has 0 amide bonds. The molecular weight excluding hydrogens is 284 g/mol. The molecule has 2 saturated carbocycles. The van der Waals surface area contributed by atoms with Gasteiger partial charge in [0.1, 0.15) is 6.10 Å². The van der Waals surface area contributed by atoms with Gasteiger partial charge in [-0.2, -0.15) is 0 Å². The van der Waals surface area contributed by atoms with Crippen LogP contribution in [0.4, 0.5) is 0 Å². The van der Waals surface area contributed by atoms with E-state index in [1.54, 1.807) is 11.1 Å². The standard InChI is InChI=1S/C21H28O2/c1-3-20(22)23-19-11-10-18-17-9-8-14-6-4-5-7-15(14)16(17)12-13-21(18,19)2/h4-7,16-19H,3,8-13H2,1-2H3/t16-,17-,18+,19+,21+/m1/s1. The molecule has 4 rings (SSSR count). The van der Waals surface area contributed by atoms with Crippen molar-refractivity contribution in [2.24, 2.45) is 17.3 Å². The number of aryl methyl sites for hydroxylation is 1. The first-order valence-electron chi connectivity index (χ1n) is 9.40. The SMILES string of the molecule is CCC(=O)O[C@H]1CC[C@H]2[C@@H]3CCc4ccccc4[C@H]3CC[C@]12C. The fourth-order valence-electron chi connectivity index (χ4n) is 5.91. The molecule has 1 aromatic carbocycles. The van der Waals surface area contributed by atoms with E-state index in [0.717, 1.165) is 24.2 Å². The Balaban J connectivity index is 1.60. The maximum absolute atomic E-state index is 11.8. The average molecular weight is 312 g/mol. The molecule has 3 aliphatic carbocycles. The summed E-state index contributed by atoms with van der Waals surface area (Å²) in [6.07, 6.45) is 7.96. The van der Waals surface area contributed by atoms with Crippen molar-refractivity contribution in [2.45, 2.75) is 70.8 Å². The minimum absolute atomic E-state index is 0.0204. The Bertz CT molecular complexity index is 608. The summed E-state index contributed by atoms with van der Waals surface area (Å²) in [5, 5.41) is 0. The lowest BCUT2D eigenvalue weighted by Gasteiger charge is -2.50. The summed E-state index contributed by atoms with van der Waals surface area (Å²) in [6.45, 7) is 4.29. The molecule has 5 atom stereocenters. The highest BCUT2D eigenvalue weighted by molar-refractivity contribution is 5.69. The molecule has 0 bridgehead atoms. The van der Waals surface area contributed by atoms with Crippen molar-refractivity contribution in [2.75, 3.05) is 0 Å². The normalized spacial score (nSPS) is 38.3. The quantitative estimate of drug-likeness (QED) is 0.729. The number of benzene rings is 1. The number of carbonyl (C=O) groups excluding carboxylic acids is 1. The second-order valence-electron chi connectivity index (χ2n) is 8.07. The smallest absolute Gasteiger partial charge is 0.305 e. The first-order valence-corrected chi connectivity index (χ1v) is 9.40. The first-order chi connectivity index (χ1) is 11.1. The minimum Gasteiger partial charge on any atom is -0.462 e. The Morgan fingerprint density at radius 2 is 2.04 bits per heavy atom. The Morgan fingerprint density at radius 3 is 2.87 bits per heavy atom. The zero-order chi connectivity index (χ0) is 16.0. The van der Waals surface area contributed by atoms with E-state index in [1.807, 2.05) is 6.92 Å². The summed E-state index contributed by atoms with van der Waals surface area (Å²) in [5.74, 6) is 2.23. The third-order valence-electron chi connectivity index (χ3n) is 7.11. The second kappa shape index (κ2) is 5.65. The fourth-order valence-corrected chi connectivity index (χ4v) is 5.91. The average Bonchev–Trinajstić information content (AvgIpc) is 2.91. The van der Waals surface area contributed by atoms with Gasteiger partial charge in [-0.3, -0.25) is 4.79 Å². The van der Waals surface area contributed by atoms with Crippen molar-refractivity contribution >= 4 is 5.97 Å². The van der Waals surface area contributed by atoms with Crippen LogP contribution in [0.5, 0.6) is 0 Å². The number of rotatable bonds is 2. The van der Waals surface area contributed by atoms with Crippen LogP contribution >= 0.6 is 0 Å². The van der Waals surface area contributed by atoms with Crippen LogP contribution in [0.15, 0.2) is 24.3 Å². The molecule has 2 heteroatoms. The van der Waals surface area contributed by atoms with Crippen LogP contribution in [0.2, 0.25) is 0 Å². The maximum atomic E-state index is 11.8. The third kappa shape index (κ3) is 2.33. The molecule has 2 nitrogen and oxygen atoms in total. The van der Waals surface area contributed by atoms with Crippen molar-refractivity contribution in [3.05, 3.63) is 35.4 Å². The van der Waals surface area contributed by atoms with E-state index in [4.69, 9.17) is 4.74 Å². The van der Waals surface area contributed by atoms with Crippen LogP contribution in [0.25, 0.3) is 0 Å². The molecule has 0 spiro atoms. The minimum atomic E-state index is -0.0204. The molecule has 3 aliphatic rings. The summed E-state index contributed by atoms with van der Waals surface area (Å²) in [6, 6.07) is 9.07. The van der Waals surface area contributed by atoms with Crippen LogP contribution in [0.3, 0.4) is 0 Å². The lowest BCUT2D eigenvalue weighted by atomic mass is 9.55. The Kier molecular flexibility index (Phi) is 3.74. The molecular formula is C21H28O2. The number of carbonyl (C=O) groups is 1. The third-order valence-corrected chi connectivity index (χ3v) is 7.11. The summed E-state index contributed by atoms with van der Waals surface area (Å²) < 4.78 is 5.84. The van der Waals surface area contributed by atoms with E-state index in [1.165, 1.54) is 32.1 Å². The molecule has 0 unspecified atom stereocenters. The van der Waals surface area contributed by atoms with Crippen molar-refractivity contribution in [3.63, 3.8) is 0 Å². The van der Waals surface area contributed by atoms with E-state index in [0.29, 0.717) is 6.42 Å². The van der Waals surface area contributed by atoms with Crippen LogP contribution in [-0.2, 0) is 16.0 Å². The number of hydrogen-bond acceptors (Lipinski definition) is 2. The summed E-state index contributed by atoms with van der Waals surface area (Å²) in [5.41, 5.74) is 3.39. The van der Waals surface area contributed by atoms with Crippen molar-refractivity contribution < 1.29 is 9.53 Å². The topological polar surface area (TPSA) is 26.3 Å². The number of esters is 1. The zero-order valence-corrected chi connectivity index (χ0v) is 14.4. The van der Waals surface area contributed by atoms with Gasteiger partial charge in [0.15, 0.2) is 0 Å². The number of hydrogen-bond donors (Lipinski definition) is 0. The van der Waals surface area contributed by atoms with Gasteiger partial charge in [-0.05, 0) is 67.4 Å². The fraction of sp³-hybridized carbons (Fsp3) is 0.667. The predicted molar refractivity (Wildman–Crippen MR) is 91.2 cm³/mol. The number of ether oxygens (including phenoxy) is 1. The lowest BCUT2D eigenvalue weighted by Crippen LogP contribution is -2.45. The van der Waals surface area contributed by atoms with Gasteiger partial charge in [0.25, 0.3) is 0 Å². The zero-order valence-electron chi connectivity index (χ0n) is 14.4. The Hall–Kier alpha value is -1.31. The lowest BCUT2D eigenvalue weighted by molar-refractivity contribution is -0.157. The van der Waals surface area contributed by atoms with E-state index in [9.17, 15) is 4.79 Å². The van der Waals surface area contributed by atoms with Gasteiger partial charge in [0, 0.05) is 11.8 Å². The molecule has 23 heavy (non-hydrogen) atoms. The molecule has 2 fully saturated rings. The Labute approximate surface area is 139 Å². The monoisotopic (exact) mass is 312 g/mol. The van der Waals surface area contributed by atoms with E-state index in [2.05, 4.69) is 31.2 Å². The van der Waals surface area contributed by atoms with Gasteiger partial charge in [-0.25, -0.2) is 0 Å². The molecule has 1 aromatic rings. The highest BCUT2D eigenvalue weighted by atomic mass is 16.5. The van der Waals surface area contributed by atoms with E-state index < -0.39 is 0 Å². The first kappa shape index (κ1) is 15.2. The van der Waals surface area contributed by atoms with Gasteiger partial charge in [-0.15, -0.1) is 0 Å².